The van der Waals surface area contributed by atoms with Gasteiger partial charge in [-0.3, -0.25) is 0 Å². The molecule has 1 aromatic carbocycles. The topological polar surface area (TPSA) is 45.4 Å². The van der Waals surface area contributed by atoms with Crippen molar-refractivity contribution in [3.05, 3.63) is 35.4 Å². The molecule has 0 aliphatic rings. The number of nitriles is 1. The molecule has 0 saturated carbocycles. The zero-order valence-corrected chi connectivity index (χ0v) is 7.73. The molecule has 0 saturated heterocycles. The van der Waals surface area contributed by atoms with Crippen molar-refractivity contribution >= 4 is 6.21 Å². The summed E-state index contributed by atoms with van der Waals surface area (Å²) >= 11 is 0. The Kier molecular flexibility index (Phi) is 4.23. The fourth-order valence-electron chi connectivity index (χ4n) is 1.04. The smallest absolute Gasteiger partial charge is 0.326 e. The van der Waals surface area contributed by atoms with Crippen LogP contribution >= 0.6 is 0 Å². The molecular formula is C10H8F2N2O. The maximum Gasteiger partial charge on any atom is 0.407 e. The van der Waals surface area contributed by atoms with Gasteiger partial charge >= 0.3 is 6.61 Å². The van der Waals surface area contributed by atoms with E-state index in [1.54, 1.807) is 24.3 Å². The highest BCUT2D eigenvalue weighted by Crippen LogP contribution is 2.07. The van der Waals surface area contributed by atoms with Crippen LogP contribution in [0.15, 0.2) is 29.4 Å². The molecule has 78 valence electrons. The zero-order chi connectivity index (χ0) is 11.1. The maximum atomic E-state index is 11.6. The summed E-state index contributed by atoms with van der Waals surface area (Å²) < 4.78 is 23.2. The van der Waals surface area contributed by atoms with Crippen LogP contribution in [-0.2, 0) is 11.3 Å². The van der Waals surface area contributed by atoms with Gasteiger partial charge < -0.3 is 4.84 Å². The van der Waals surface area contributed by atoms with Crippen molar-refractivity contribution in [2.45, 2.75) is 13.0 Å². The Labute approximate surface area is 85.6 Å². The summed E-state index contributed by atoms with van der Waals surface area (Å²) in [5.41, 5.74) is 1.32. The van der Waals surface area contributed by atoms with Gasteiger partial charge in [-0.05, 0) is 5.56 Å². The van der Waals surface area contributed by atoms with Gasteiger partial charge in [0.05, 0.1) is 18.7 Å². The van der Waals surface area contributed by atoms with Crippen molar-refractivity contribution in [3.8, 4) is 6.07 Å². The lowest BCUT2D eigenvalue weighted by molar-refractivity contribution is -0.127. The standard InChI is InChI=1S/C10H8F2N2O/c11-10(12)15-14-7-9-4-2-1-3-8(9)5-6-13/h1-4,7,10H,5H2. The van der Waals surface area contributed by atoms with E-state index < -0.39 is 6.61 Å². The summed E-state index contributed by atoms with van der Waals surface area (Å²) in [4.78, 5) is 3.73. The van der Waals surface area contributed by atoms with E-state index in [-0.39, 0.29) is 6.42 Å². The van der Waals surface area contributed by atoms with E-state index in [1.165, 1.54) is 6.21 Å². The van der Waals surface area contributed by atoms with Crippen molar-refractivity contribution in [2.75, 3.05) is 0 Å². The van der Waals surface area contributed by atoms with Gasteiger partial charge in [0, 0.05) is 5.56 Å². The molecule has 0 unspecified atom stereocenters. The van der Waals surface area contributed by atoms with Crippen molar-refractivity contribution in [3.63, 3.8) is 0 Å². The van der Waals surface area contributed by atoms with E-state index in [4.69, 9.17) is 5.26 Å². The predicted octanol–water partition coefficient (Wildman–Crippen LogP) is 2.33. The molecule has 0 aromatic heterocycles. The van der Waals surface area contributed by atoms with Crippen LogP contribution in [0, 0.1) is 11.3 Å². The van der Waals surface area contributed by atoms with Crippen molar-refractivity contribution in [1.29, 1.82) is 5.26 Å². The third-order valence-electron chi connectivity index (χ3n) is 1.66. The Morgan fingerprint density at radius 3 is 2.87 bits per heavy atom. The van der Waals surface area contributed by atoms with Gasteiger partial charge in [0.15, 0.2) is 0 Å². The summed E-state index contributed by atoms with van der Waals surface area (Å²) in [5, 5.41) is 11.6. The Bertz CT molecular complexity index is 385. The average molecular weight is 210 g/mol. The minimum absolute atomic E-state index is 0.205. The van der Waals surface area contributed by atoms with E-state index in [2.05, 4.69) is 9.99 Å². The number of alkyl halides is 2. The molecule has 0 heterocycles. The number of benzene rings is 1. The highest BCUT2D eigenvalue weighted by atomic mass is 19.3. The molecule has 3 nitrogen and oxygen atoms in total. The monoisotopic (exact) mass is 210 g/mol. The molecule has 0 aliphatic carbocycles. The minimum atomic E-state index is -2.93. The number of rotatable bonds is 4. The maximum absolute atomic E-state index is 11.6. The van der Waals surface area contributed by atoms with E-state index in [0.29, 0.717) is 5.56 Å². The van der Waals surface area contributed by atoms with Crippen LogP contribution < -0.4 is 0 Å². The normalized spacial score (nSPS) is 10.5. The van der Waals surface area contributed by atoms with Crippen molar-refractivity contribution < 1.29 is 13.6 Å². The van der Waals surface area contributed by atoms with Gasteiger partial charge in [0.25, 0.3) is 0 Å². The lowest BCUT2D eigenvalue weighted by Crippen LogP contribution is -1.95. The van der Waals surface area contributed by atoms with E-state index >= 15 is 0 Å². The molecule has 0 fully saturated rings. The molecule has 1 rings (SSSR count). The lowest BCUT2D eigenvalue weighted by Gasteiger charge is -2.00. The Morgan fingerprint density at radius 1 is 1.47 bits per heavy atom. The third-order valence-corrected chi connectivity index (χ3v) is 1.66. The Balaban J connectivity index is 2.76. The predicted molar refractivity (Wildman–Crippen MR) is 50.4 cm³/mol. The van der Waals surface area contributed by atoms with Gasteiger partial charge in [-0.15, -0.1) is 0 Å². The van der Waals surface area contributed by atoms with Gasteiger partial charge in [-0.2, -0.15) is 14.0 Å². The second-order valence-electron chi connectivity index (χ2n) is 2.63. The molecule has 0 spiro atoms. The summed E-state index contributed by atoms with van der Waals surface area (Å²) in [5.74, 6) is 0. The van der Waals surface area contributed by atoms with Crippen molar-refractivity contribution in [1.82, 2.24) is 0 Å². The molecule has 0 aliphatic heterocycles. The fourth-order valence-corrected chi connectivity index (χ4v) is 1.04. The molecule has 0 atom stereocenters. The number of halogens is 2. The number of hydrogen-bond donors (Lipinski definition) is 0. The van der Waals surface area contributed by atoms with E-state index in [1.807, 2.05) is 6.07 Å². The molecular weight excluding hydrogens is 202 g/mol. The Hall–Kier alpha value is -1.96. The highest BCUT2D eigenvalue weighted by molar-refractivity contribution is 5.81. The van der Waals surface area contributed by atoms with Crippen molar-refractivity contribution in [2.24, 2.45) is 5.16 Å². The summed E-state index contributed by atoms with van der Waals surface area (Å²) in [6.07, 6.45) is 1.37. The molecule has 5 heteroatoms. The van der Waals surface area contributed by atoms with Crippen LogP contribution in [0.4, 0.5) is 8.78 Å². The van der Waals surface area contributed by atoms with E-state index in [0.717, 1.165) is 5.56 Å². The van der Waals surface area contributed by atoms with Gasteiger partial charge in [-0.25, -0.2) is 0 Å². The first-order valence-corrected chi connectivity index (χ1v) is 4.16. The first-order valence-electron chi connectivity index (χ1n) is 4.16. The van der Waals surface area contributed by atoms with Gasteiger partial charge in [-0.1, -0.05) is 29.4 Å². The van der Waals surface area contributed by atoms with Crippen LogP contribution in [0.3, 0.4) is 0 Å². The van der Waals surface area contributed by atoms with Crippen LogP contribution in [0.25, 0.3) is 0 Å². The Morgan fingerprint density at radius 2 is 2.20 bits per heavy atom. The van der Waals surface area contributed by atoms with Gasteiger partial charge in [0.2, 0.25) is 0 Å². The second-order valence-corrected chi connectivity index (χ2v) is 2.63. The fraction of sp³-hybridized carbons (Fsp3) is 0.200. The zero-order valence-electron chi connectivity index (χ0n) is 7.73. The lowest BCUT2D eigenvalue weighted by atomic mass is 10.1. The molecule has 1 aromatic rings. The quantitative estimate of drug-likeness (QED) is 0.565. The van der Waals surface area contributed by atoms with Crippen LogP contribution in [0.1, 0.15) is 11.1 Å². The molecule has 15 heavy (non-hydrogen) atoms. The first-order chi connectivity index (χ1) is 7.24. The first kappa shape index (κ1) is 11.1. The van der Waals surface area contributed by atoms with Crippen LogP contribution in [0.5, 0.6) is 0 Å². The summed E-state index contributed by atoms with van der Waals surface area (Å²) in [7, 11) is 0. The second kappa shape index (κ2) is 5.70. The van der Waals surface area contributed by atoms with E-state index in [9.17, 15) is 8.78 Å². The molecule has 0 amide bonds. The largest absolute Gasteiger partial charge is 0.407 e. The SMILES string of the molecule is N#CCc1ccccc1C=NOC(F)F. The molecule has 0 bridgehead atoms. The summed E-state index contributed by atoms with van der Waals surface area (Å²) in [6.45, 7) is -2.93. The minimum Gasteiger partial charge on any atom is -0.326 e. The highest BCUT2D eigenvalue weighted by Gasteiger charge is 2.00. The average Bonchev–Trinajstić information content (AvgIpc) is 2.20. The summed E-state index contributed by atoms with van der Waals surface area (Å²) in [6, 6.07) is 8.86. The van der Waals surface area contributed by atoms with Crippen LogP contribution in [0.2, 0.25) is 0 Å². The molecule has 0 N–H and O–H groups in total. The van der Waals surface area contributed by atoms with Gasteiger partial charge in [0.1, 0.15) is 0 Å². The third kappa shape index (κ3) is 3.73. The van der Waals surface area contributed by atoms with Crippen LogP contribution in [-0.4, -0.2) is 12.8 Å². The number of hydrogen-bond acceptors (Lipinski definition) is 3. The molecule has 0 radical (unpaired) electrons. The number of nitrogens with zero attached hydrogens (tertiary/aromatic N) is 2. The number of oxime groups is 1.